The average Bonchev–Trinajstić information content (AvgIpc) is 2.26. The van der Waals surface area contributed by atoms with Crippen molar-refractivity contribution in [1.82, 2.24) is 0 Å². The number of methoxy groups -OCH3 is 1. The van der Waals surface area contributed by atoms with Crippen LogP contribution in [0.2, 0.25) is 0 Å². The largest absolute Gasteiger partial charge is 0.494 e. The summed E-state index contributed by atoms with van der Waals surface area (Å²) in [5.41, 5.74) is -2.88. The van der Waals surface area contributed by atoms with Crippen LogP contribution >= 0.6 is 0 Å². The number of alkyl halides is 3. The summed E-state index contributed by atoms with van der Waals surface area (Å²) in [5, 5.41) is 12.7. The molecular formula is C10H9F3N2O4. The molecule has 0 atom stereocenters. The molecule has 9 heteroatoms. The molecule has 0 unspecified atom stereocenters. The standard InChI is InChI=1S/C10H9F3N2O4/c1-5(16)14-7-3-6(10(11,12)13)8(15(17)18)4-9(7)19-2/h3-4H,1-2H3,(H,14,16). The number of nitrogens with zero attached hydrogens (tertiary/aromatic N) is 1. The molecule has 0 heterocycles. The fourth-order valence-electron chi connectivity index (χ4n) is 1.40. The van der Waals surface area contributed by atoms with Crippen molar-refractivity contribution in [2.45, 2.75) is 13.1 Å². The van der Waals surface area contributed by atoms with Crippen molar-refractivity contribution in [2.24, 2.45) is 0 Å². The van der Waals surface area contributed by atoms with E-state index in [0.29, 0.717) is 12.1 Å². The Kier molecular flexibility index (Phi) is 3.98. The molecule has 0 saturated carbocycles. The first-order valence-corrected chi connectivity index (χ1v) is 4.88. The number of amides is 1. The average molecular weight is 278 g/mol. The number of carbonyl (C=O) groups is 1. The molecule has 0 aliphatic rings. The number of anilines is 1. The lowest BCUT2D eigenvalue weighted by Gasteiger charge is -2.13. The molecule has 0 aliphatic heterocycles. The fraction of sp³-hybridized carbons (Fsp3) is 0.300. The number of halogens is 3. The number of nitrogens with one attached hydrogen (secondary N) is 1. The van der Waals surface area contributed by atoms with Crippen LogP contribution in [0, 0.1) is 10.1 Å². The highest BCUT2D eigenvalue weighted by molar-refractivity contribution is 5.91. The van der Waals surface area contributed by atoms with Crippen LogP contribution in [0.5, 0.6) is 5.75 Å². The van der Waals surface area contributed by atoms with Gasteiger partial charge in [-0.25, -0.2) is 0 Å². The SMILES string of the molecule is COc1cc([N+](=O)[O-])c(C(F)(F)F)cc1NC(C)=O. The first kappa shape index (κ1) is 14.7. The van der Waals surface area contributed by atoms with Gasteiger partial charge in [0.2, 0.25) is 5.91 Å². The molecule has 1 rings (SSSR count). The fourth-order valence-corrected chi connectivity index (χ4v) is 1.40. The Morgan fingerprint density at radius 3 is 2.37 bits per heavy atom. The van der Waals surface area contributed by atoms with Crippen molar-refractivity contribution >= 4 is 17.3 Å². The third-order valence-corrected chi connectivity index (χ3v) is 2.13. The predicted octanol–water partition coefficient (Wildman–Crippen LogP) is 2.58. The Morgan fingerprint density at radius 1 is 1.42 bits per heavy atom. The zero-order valence-electron chi connectivity index (χ0n) is 9.87. The predicted molar refractivity (Wildman–Crippen MR) is 59.0 cm³/mol. The Balaban J connectivity index is 3.51. The van der Waals surface area contributed by atoms with Gasteiger partial charge in [-0.15, -0.1) is 0 Å². The number of nitro benzene ring substituents is 1. The molecule has 0 spiro atoms. The highest BCUT2D eigenvalue weighted by Crippen LogP contribution is 2.41. The second kappa shape index (κ2) is 5.12. The van der Waals surface area contributed by atoms with Crippen molar-refractivity contribution < 1.29 is 27.6 Å². The molecule has 0 aromatic heterocycles. The molecule has 0 fully saturated rings. The third-order valence-electron chi connectivity index (χ3n) is 2.13. The highest BCUT2D eigenvalue weighted by atomic mass is 19.4. The lowest BCUT2D eigenvalue weighted by atomic mass is 10.1. The highest BCUT2D eigenvalue weighted by Gasteiger charge is 2.39. The van der Waals surface area contributed by atoms with Gasteiger partial charge in [0.1, 0.15) is 11.3 Å². The van der Waals surface area contributed by atoms with E-state index in [1.165, 1.54) is 0 Å². The van der Waals surface area contributed by atoms with Crippen LogP contribution in [-0.4, -0.2) is 17.9 Å². The van der Waals surface area contributed by atoms with Crippen molar-refractivity contribution in [2.75, 3.05) is 12.4 Å². The van der Waals surface area contributed by atoms with Gasteiger partial charge in [-0.2, -0.15) is 13.2 Å². The summed E-state index contributed by atoms with van der Waals surface area (Å²) in [7, 11) is 1.12. The monoisotopic (exact) mass is 278 g/mol. The van der Waals surface area contributed by atoms with E-state index in [2.05, 4.69) is 5.32 Å². The van der Waals surface area contributed by atoms with E-state index in [9.17, 15) is 28.1 Å². The van der Waals surface area contributed by atoms with Crippen LogP contribution in [0.15, 0.2) is 12.1 Å². The molecule has 0 saturated heterocycles. The number of carbonyl (C=O) groups excluding carboxylic acids is 1. The van der Waals surface area contributed by atoms with Crippen molar-refractivity contribution in [3.05, 3.63) is 27.8 Å². The smallest absolute Gasteiger partial charge is 0.423 e. The van der Waals surface area contributed by atoms with Crippen molar-refractivity contribution in [1.29, 1.82) is 0 Å². The summed E-state index contributed by atoms with van der Waals surface area (Å²) in [6.45, 7) is 1.09. The van der Waals surface area contributed by atoms with Crippen LogP contribution in [0.25, 0.3) is 0 Å². The topological polar surface area (TPSA) is 81.5 Å². The Labute approximate surface area is 105 Å². The Hall–Kier alpha value is -2.32. The van der Waals surface area contributed by atoms with Gasteiger partial charge in [-0.1, -0.05) is 0 Å². The van der Waals surface area contributed by atoms with Crippen LogP contribution in [0.4, 0.5) is 24.5 Å². The van der Waals surface area contributed by atoms with E-state index >= 15 is 0 Å². The zero-order valence-corrected chi connectivity index (χ0v) is 9.87. The maximum absolute atomic E-state index is 12.7. The minimum Gasteiger partial charge on any atom is -0.494 e. The Morgan fingerprint density at radius 2 is 2.00 bits per heavy atom. The van der Waals surface area contributed by atoms with Crippen LogP contribution in [0.1, 0.15) is 12.5 Å². The second-order valence-electron chi connectivity index (χ2n) is 3.51. The molecule has 0 radical (unpaired) electrons. The minimum atomic E-state index is -4.91. The maximum Gasteiger partial charge on any atom is 0.423 e. The molecular weight excluding hydrogens is 269 g/mol. The van der Waals surface area contributed by atoms with Gasteiger partial charge in [0.15, 0.2) is 0 Å². The summed E-state index contributed by atoms with van der Waals surface area (Å²) in [5.74, 6) is -0.852. The normalized spacial score (nSPS) is 11.0. The quantitative estimate of drug-likeness (QED) is 0.680. The maximum atomic E-state index is 12.7. The summed E-state index contributed by atoms with van der Waals surface area (Å²) >= 11 is 0. The second-order valence-corrected chi connectivity index (χ2v) is 3.51. The summed E-state index contributed by atoms with van der Waals surface area (Å²) in [6, 6.07) is 1.09. The molecule has 1 aromatic rings. The first-order chi connectivity index (χ1) is 8.66. The van der Waals surface area contributed by atoms with Crippen LogP contribution in [0.3, 0.4) is 0 Å². The summed E-state index contributed by atoms with van der Waals surface area (Å²) in [6.07, 6.45) is -4.91. The van der Waals surface area contributed by atoms with E-state index in [1.807, 2.05) is 0 Å². The zero-order chi connectivity index (χ0) is 14.8. The van der Waals surface area contributed by atoms with Gasteiger partial charge >= 0.3 is 6.18 Å². The molecule has 6 nitrogen and oxygen atoms in total. The number of ether oxygens (including phenoxy) is 1. The van der Waals surface area contributed by atoms with Crippen molar-refractivity contribution in [3.8, 4) is 5.75 Å². The summed E-state index contributed by atoms with van der Waals surface area (Å²) < 4.78 is 42.8. The molecule has 1 N–H and O–H groups in total. The van der Waals surface area contributed by atoms with E-state index in [1.54, 1.807) is 0 Å². The van der Waals surface area contributed by atoms with Gasteiger partial charge in [-0.3, -0.25) is 14.9 Å². The Bertz CT molecular complexity index is 528. The minimum absolute atomic E-state index is 0.227. The van der Waals surface area contributed by atoms with E-state index in [4.69, 9.17) is 4.74 Å². The van der Waals surface area contributed by atoms with Gasteiger partial charge < -0.3 is 10.1 Å². The van der Waals surface area contributed by atoms with E-state index < -0.39 is 28.3 Å². The molecule has 19 heavy (non-hydrogen) atoms. The van der Waals surface area contributed by atoms with Gasteiger partial charge in [-0.05, 0) is 6.07 Å². The number of benzene rings is 1. The number of hydrogen-bond donors (Lipinski definition) is 1. The van der Waals surface area contributed by atoms with Gasteiger partial charge in [0.05, 0.1) is 23.8 Å². The van der Waals surface area contributed by atoms with E-state index in [-0.39, 0.29) is 11.4 Å². The summed E-state index contributed by atoms with van der Waals surface area (Å²) in [4.78, 5) is 20.3. The molecule has 0 aliphatic carbocycles. The molecule has 1 aromatic carbocycles. The van der Waals surface area contributed by atoms with E-state index in [0.717, 1.165) is 14.0 Å². The van der Waals surface area contributed by atoms with Crippen LogP contribution < -0.4 is 10.1 Å². The number of nitro groups is 1. The molecule has 104 valence electrons. The molecule has 1 amide bonds. The number of rotatable bonds is 3. The van der Waals surface area contributed by atoms with Crippen molar-refractivity contribution in [3.63, 3.8) is 0 Å². The van der Waals surface area contributed by atoms with Gasteiger partial charge in [0, 0.05) is 6.92 Å². The molecule has 0 bridgehead atoms. The lowest BCUT2D eigenvalue weighted by molar-refractivity contribution is -0.388. The third kappa shape index (κ3) is 3.33. The number of hydrogen-bond acceptors (Lipinski definition) is 4. The lowest BCUT2D eigenvalue weighted by Crippen LogP contribution is -2.13. The van der Waals surface area contributed by atoms with Crippen LogP contribution in [-0.2, 0) is 11.0 Å². The van der Waals surface area contributed by atoms with Gasteiger partial charge in [0.25, 0.3) is 5.69 Å². The first-order valence-electron chi connectivity index (χ1n) is 4.88.